The molecule has 18 heavy (non-hydrogen) atoms. The van der Waals surface area contributed by atoms with E-state index in [2.05, 4.69) is 24.5 Å². The third-order valence-electron chi connectivity index (χ3n) is 2.38. The quantitative estimate of drug-likeness (QED) is 0.749. The number of carbonyl (C=O) groups excluding carboxylic acids is 2. The van der Waals surface area contributed by atoms with Crippen molar-refractivity contribution in [3.05, 3.63) is 24.3 Å². The molecule has 0 aliphatic rings. The number of benzene rings is 1. The molecular formula is C13H19N3O2. The van der Waals surface area contributed by atoms with Gasteiger partial charge in [-0.3, -0.25) is 4.79 Å². The molecule has 0 saturated heterocycles. The Hall–Kier alpha value is -2.04. The van der Waals surface area contributed by atoms with Crippen LogP contribution in [0.2, 0.25) is 0 Å². The van der Waals surface area contributed by atoms with Crippen LogP contribution in [0.1, 0.15) is 26.7 Å². The Morgan fingerprint density at radius 3 is 2.06 bits per heavy atom. The molecule has 98 valence electrons. The zero-order valence-electron chi connectivity index (χ0n) is 10.7. The first kappa shape index (κ1) is 14.0. The molecule has 0 bridgehead atoms. The van der Waals surface area contributed by atoms with Crippen LogP contribution in [0.25, 0.3) is 0 Å². The standard InChI is InChI=1S/C13H19N3O2/c1-9(2)3-8-12(17)15-10-4-6-11(7-5-10)16-13(14)18/h4-7,9H,3,8H2,1-2H3,(H,15,17)(H3,14,16,18). The number of primary amides is 1. The Morgan fingerprint density at radius 1 is 1.11 bits per heavy atom. The molecule has 0 heterocycles. The van der Waals surface area contributed by atoms with Gasteiger partial charge in [0.05, 0.1) is 0 Å². The summed E-state index contributed by atoms with van der Waals surface area (Å²) in [5.41, 5.74) is 6.30. The average Bonchev–Trinajstić information content (AvgIpc) is 2.28. The maximum absolute atomic E-state index is 11.6. The van der Waals surface area contributed by atoms with Gasteiger partial charge in [0.1, 0.15) is 0 Å². The van der Waals surface area contributed by atoms with E-state index in [1.807, 2.05) is 0 Å². The van der Waals surface area contributed by atoms with Crippen LogP contribution in [-0.2, 0) is 4.79 Å². The second-order valence-corrected chi connectivity index (χ2v) is 4.55. The number of urea groups is 1. The third kappa shape index (κ3) is 5.34. The number of rotatable bonds is 5. The summed E-state index contributed by atoms with van der Waals surface area (Å²) < 4.78 is 0. The molecular weight excluding hydrogens is 230 g/mol. The number of nitrogens with two attached hydrogens (primary N) is 1. The van der Waals surface area contributed by atoms with Crippen molar-refractivity contribution in [2.45, 2.75) is 26.7 Å². The van der Waals surface area contributed by atoms with Gasteiger partial charge in [-0.05, 0) is 36.6 Å². The SMILES string of the molecule is CC(C)CCC(=O)Nc1ccc(NC(N)=O)cc1. The molecule has 3 amide bonds. The minimum atomic E-state index is -0.608. The fraction of sp³-hybridized carbons (Fsp3) is 0.385. The Labute approximate surface area is 107 Å². The first-order valence-corrected chi connectivity index (χ1v) is 5.93. The topological polar surface area (TPSA) is 84.2 Å². The van der Waals surface area contributed by atoms with Crippen molar-refractivity contribution in [3.63, 3.8) is 0 Å². The van der Waals surface area contributed by atoms with Crippen molar-refractivity contribution in [1.82, 2.24) is 0 Å². The number of anilines is 2. The largest absolute Gasteiger partial charge is 0.351 e. The second kappa shape index (κ2) is 6.64. The normalized spacial score (nSPS) is 10.2. The zero-order valence-corrected chi connectivity index (χ0v) is 10.7. The van der Waals surface area contributed by atoms with Gasteiger partial charge in [-0.2, -0.15) is 0 Å². The molecule has 1 rings (SSSR count). The highest BCUT2D eigenvalue weighted by molar-refractivity contribution is 5.91. The maximum atomic E-state index is 11.6. The van der Waals surface area contributed by atoms with Crippen LogP contribution < -0.4 is 16.4 Å². The van der Waals surface area contributed by atoms with E-state index < -0.39 is 6.03 Å². The summed E-state index contributed by atoms with van der Waals surface area (Å²) in [4.78, 5) is 22.2. The Balaban J connectivity index is 2.48. The van der Waals surface area contributed by atoms with Gasteiger partial charge >= 0.3 is 6.03 Å². The fourth-order valence-electron chi connectivity index (χ4n) is 1.42. The molecule has 0 unspecified atom stereocenters. The number of hydrogen-bond acceptors (Lipinski definition) is 2. The lowest BCUT2D eigenvalue weighted by molar-refractivity contribution is -0.116. The average molecular weight is 249 g/mol. The third-order valence-corrected chi connectivity index (χ3v) is 2.38. The lowest BCUT2D eigenvalue weighted by atomic mass is 10.1. The molecule has 0 radical (unpaired) electrons. The van der Waals surface area contributed by atoms with Crippen molar-refractivity contribution in [3.8, 4) is 0 Å². The van der Waals surface area contributed by atoms with Gasteiger partial charge in [-0.15, -0.1) is 0 Å². The summed E-state index contributed by atoms with van der Waals surface area (Å²) in [5, 5.41) is 5.25. The Morgan fingerprint density at radius 2 is 1.61 bits per heavy atom. The van der Waals surface area contributed by atoms with Crippen molar-refractivity contribution in [2.75, 3.05) is 10.6 Å². The van der Waals surface area contributed by atoms with Crippen molar-refractivity contribution >= 4 is 23.3 Å². The van der Waals surface area contributed by atoms with Crippen LogP contribution in [0.3, 0.4) is 0 Å². The van der Waals surface area contributed by atoms with E-state index in [1.165, 1.54) is 0 Å². The van der Waals surface area contributed by atoms with E-state index in [1.54, 1.807) is 24.3 Å². The predicted molar refractivity (Wildman–Crippen MR) is 72.3 cm³/mol. The number of carbonyl (C=O) groups is 2. The lowest BCUT2D eigenvalue weighted by Crippen LogP contribution is -2.19. The molecule has 4 N–H and O–H groups in total. The first-order chi connectivity index (χ1) is 8.47. The summed E-state index contributed by atoms with van der Waals surface area (Å²) >= 11 is 0. The minimum absolute atomic E-state index is 0.000638. The minimum Gasteiger partial charge on any atom is -0.351 e. The highest BCUT2D eigenvalue weighted by Gasteiger charge is 2.04. The molecule has 1 aromatic carbocycles. The number of hydrogen-bond donors (Lipinski definition) is 3. The summed E-state index contributed by atoms with van der Waals surface area (Å²) in [6.07, 6.45) is 1.38. The van der Waals surface area contributed by atoms with Crippen LogP contribution >= 0.6 is 0 Å². The highest BCUT2D eigenvalue weighted by atomic mass is 16.2. The van der Waals surface area contributed by atoms with Crippen LogP contribution in [-0.4, -0.2) is 11.9 Å². The van der Waals surface area contributed by atoms with E-state index >= 15 is 0 Å². The monoisotopic (exact) mass is 249 g/mol. The van der Waals surface area contributed by atoms with Gasteiger partial charge in [-0.25, -0.2) is 4.79 Å². The van der Waals surface area contributed by atoms with Crippen molar-refractivity contribution in [1.29, 1.82) is 0 Å². The smallest absolute Gasteiger partial charge is 0.316 e. The summed E-state index contributed by atoms with van der Waals surface area (Å²) in [5.74, 6) is 0.511. The second-order valence-electron chi connectivity index (χ2n) is 4.55. The molecule has 0 fully saturated rings. The molecule has 0 aliphatic carbocycles. The van der Waals surface area contributed by atoms with Gasteiger partial charge in [0.25, 0.3) is 0 Å². The molecule has 0 atom stereocenters. The molecule has 1 aromatic rings. The van der Waals surface area contributed by atoms with Gasteiger partial charge in [0, 0.05) is 17.8 Å². The van der Waals surface area contributed by atoms with Crippen molar-refractivity contribution in [2.24, 2.45) is 11.7 Å². The molecule has 0 saturated carbocycles. The van der Waals surface area contributed by atoms with E-state index in [9.17, 15) is 9.59 Å². The molecule has 5 nitrogen and oxygen atoms in total. The summed E-state index contributed by atoms with van der Waals surface area (Å²) in [6, 6.07) is 6.20. The van der Waals surface area contributed by atoms with Crippen LogP contribution in [0, 0.1) is 5.92 Å². The molecule has 0 aromatic heterocycles. The van der Waals surface area contributed by atoms with Crippen LogP contribution in [0.15, 0.2) is 24.3 Å². The van der Waals surface area contributed by atoms with Gasteiger partial charge < -0.3 is 16.4 Å². The van der Waals surface area contributed by atoms with E-state index in [0.717, 1.165) is 6.42 Å². The Bertz CT molecular complexity index is 413. The summed E-state index contributed by atoms with van der Waals surface area (Å²) in [7, 11) is 0. The fourth-order valence-corrected chi connectivity index (χ4v) is 1.42. The Kier molecular flexibility index (Phi) is 5.17. The number of amides is 3. The first-order valence-electron chi connectivity index (χ1n) is 5.93. The van der Waals surface area contributed by atoms with Crippen LogP contribution in [0.4, 0.5) is 16.2 Å². The number of nitrogens with one attached hydrogen (secondary N) is 2. The lowest BCUT2D eigenvalue weighted by Gasteiger charge is -2.07. The van der Waals surface area contributed by atoms with Crippen LogP contribution in [0.5, 0.6) is 0 Å². The summed E-state index contributed by atoms with van der Waals surface area (Å²) in [6.45, 7) is 4.16. The van der Waals surface area contributed by atoms with E-state index in [4.69, 9.17) is 5.73 Å². The highest BCUT2D eigenvalue weighted by Crippen LogP contribution is 2.14. The van der Waals surface area contributed by atoms with Gasteiger partial charge in [0.15, 0.2) is 0 Å². The van der Waals surface area contributed by atoms with Gasteiger partial charge in [-0.1, -0.05) is 13.8 Å². The zero-order chi connectivity index (χ0) is 13.5. The molecule has 0 aliphatic heterocycles. The predicted octanol–water partition coefficient (Wildman–Crippen LogP) is 2.55. The van der Waals surface area contributed by atoms with E-state index in [0.29, 0.717) is 23.7 Å². The maximum Gasteiger partial charge on any atom is 0.316 e. The van der Waals surface area contributed by atoms with E-state index in [-0.39, 0.29) is 5.91 Å². The molecule has 0 spiro atoms. The van der Waals surface area contributed by atoms with Crippen molar-refractivity contribution < 1.29 is 9.59 Å². The van der Waals surface area contributed by atoms with Gasteiger partial charge in [0.2, 0.25) is 5.91 Å². The molecule has 5 heteroatoms.